The molecule has 0 bridgehead atoms. The fourth-order valence-electron chi connectivity index (χ4n) is 4.40. The van der Waals surface area contributed by atoms with Crippen LogP contribution in [0.5, 0.6) is 0 Å². The smallest absolute Gasteiger partial charge is 0.407 e. The van der Waals surface area contributed by atoms with Gasteiger partial charge in [-0.2, -0.15) is 0 Å². The lowest BCUT2D eigenvalue weighted by atomic mass is 9.95. The number of nitrogens with one attached hydrogen (secondary N) is 1. The van der Waals surface area contributed by atoms with Crippen LogP contribution in [0.3, 0.4) is 0 Å². The lowest BCUT2D eigenvalue weighted by molar-refractivity contribution is -0.174. The van der Waals surface area contributed by atoms with Gasteiger partial charge in [0.15, 0.2) is 0 Å². The molecule has 1 fully saturated rings. The van der Waals surface area contributed by atoms with Gasteiger partial charge >= 0.3 is 12.1 Å². The minimum atomic E-state index is -1.05. The van der Waals surface area contributed by atoms with Crippen molar-refractivity contribution in [3.8, 4) is 11.1 Å². The molecule has 1 atom stereocenters. The number of aliphatic carboxylic acids is 1. The SMILES string of the molecule is CC(NC(=O)OCC1c2ccccc2-c2ccccc21)C(=O)N1CC(C)(OCC(=O)O)C1. The minimum absolute atomic E-state index is 0.0540. The highest BCUT2D eigenvalue weighted by molar-refractivity contribution is 5.86. The molecule has 1 unspecified atom stereocenters. The van der Waals surface area contributed by atoms with Crippen LogP contribution < -0.4 is 5.32 Å². The van der Waals surface area contributed by atoms with Gasteiger partial charge < -0.3 is 24.8 Å². The molecule has 2 N–H and O–H groups in total. The van der Waals surface area contributed by atoms with Gasteiger partial charge in [-0.05, 0) is 36.1 Å². The van der Waals surface area contributed by atoms with Crippen LogP contribution in [0, 0.1) is 0 Å². The second-order valence-electron chi connectivity index (χ2n) is 8.52. The molecule has 0 aromatic heterocycles. The van der Waals surface area contributed by atoms with Crippen molar-refractivity contribution in [2.75, 3.05) is 26.3 Å². The summed E-state index contributed by atoms with van der Waals surface area (Å²) in [5.74, 6) is -1.38. The number of nitrogens with zero attached hydrogens (tertiary/aromatic N) is 1. The number of fused-ring (bicyclic) bond motifs is 3. The Labute approximate surface area is 186 Å². The molecule has 0 spiro atoms. The van der Waals surface area contributed by atoms with Crippen LogP contribution in [0.25, 0.3) is 11.1 Å². The van der Waals surface area contributed by atoms with E-state index in [-0.39, 0.29) is 31.5 Å². The van der Waals surface area contributed by atoms with E-state index in [2.05, 4.69) is 17.4 Å². The summed E-state index contributed by atoms with van der Waals surface area (Å²) in [4.78, 5) is 37.1. The van der Waals surface area contributed by atoms with Crippen molar-refractivity contribution < 1.29 is 29.0 Å². The Morgan fingerprint density at radius 2 is 1.66 bits per heavy atom. The van der Waals surface area contributed by atoms with Gasteiger partial charge in [-0.15, -0.1) is 0 Å². The number of ether oxygens (including phenoxy) is 2. The van der Waals surface area contributed by atoms with Crippen LogP contribution in [0.15, 0.2) is 48.5 Å². The molecule has 168 valence electrons. The van der Waals surface area contributed by atoms with Gasteiger partial charge in [0.2, 0.25) is 5.91 Å². The van der Waals surface area contributed by atoms with Gasteiger partial charge in [0, 0.05) is 5.92 Å². The Morgan fingerprint density at radius 3 is 2.22 bits per heavy atom. The summed E-state index contributed by atoms with van der Waals surface area (Å²) < 4.78 is 10.8. The van der Waals surface area contributed by atoms with Gasteiger partial charge in [0.25, 0.3) is 0 Å². The summed E-state index contributed by atoms with van der Waals surface area (Å²) in [6.07, 6.45) is -0.655. The summed E-state index contributed by atoms with van der Waals surface area (Å²) in [6.45, 7) is 3.66. The largest absolute Gasteiger partial charge is 0.480 e. The van der Waals surface area contributed by atoms with E-state index < -0.39 is 30.3 Å². The van der Waals surface area contributed by atoms with Crippen molar-refractivity contribution in [2.45, 2.75) is 31.4 Å². The fraction of sp³-hybridized carbons (Fsp3) is 0.375. The number of amides is 2. The van der Waals surface area contributed by atoms with Gasteiger partial charge in [-0.3, -0.25) is 4.79 Å². The predicted octanol–water partition coefficient (Wildman–Crippen LogP) is 2.62. The summed E-state index contributed by atoms with van der Waals surface area (Å²) in [7, 11) is 0. The summed E-state index contributed by atoms with van der Waals surface area (Å²) in [5.41, 5.74) is 3.84. The lowest BCUT2D eigenvalue weighted by Crippen LogP contribution is -2.66. The molecule has 0 saturated carbocycles. The molecule has 32 heavy (non-hydrogen) atoms. The van der Waals surface area contributed by atoms with Gasteiger partial charge in [-0.1, -0.05) is 48.5 Å². The van der Waals surface area contributed by atoms with Gasteiger partial charge in [0.05, 0.1) is 13.1 Å². The van der Waals surface area contributed by atoms with Crippen LogP contribution in [0.4, 0.5) is 4.79 Å². The summed E-state index contributed by atoms with van der Waals surface area (Å²) >= 11 is 0. The number of carbonyl (C=O) groups is 3. The van der Waals surface area contributed by atoms with E-state index in [9.17, 15) is 14.4 Å². The summed E-state index contributed by atoms with van der Waals surface area (Å²) in [6, 6.07) is 15.4. The molecule has 2 aromatic carbocycles. The Bertz CT molecular complexity index is 1000. The van der Waals surface area contributed by atoms with Gasteiger partial charge in [-0.25, -0.2) is 9.59 Å². The molecule has 1 saturated heterocycles. The maximum absolute atomic E-state index is 12.6. The molecule has 1 aliphatic heterocycles. The van der Waals surface area contributed by atoms with E-state index >= 15 is 0 Å². The average molecular weight is 438 g/mol. The van der Waals surface area contributed by atoms with E-state index in [1.165, 1.54) is 4.90 Å². The monoisotopic (exact) mass is 438 g/mol. The Balaban J connectivity index is 1.29. The maximum atomic E-state index is 12.6. The third-order valence-corrected chi connectivity index (χ3v) is 5.95. The van der Waals surface area contributed by atoms with Crippen LogP contribution in [0.1, 0.15) is 30.9 Å². The van der Waals surface area contributed by atoms with Crippen molar-refractivity contribution >= 4 is 18.0 Å². The number of carbonyl (C=O) groups excluding carboxylic acids is 2. The number of alkyl carbamates (subject to hydrolysis) is 1. The number of hydrogen-bond donors (Lipinski definition) is 2. The summed E-state index contributed by atoms with van der Waals surface area (Å²) in [5, 5.41) is 11.3. The molecule has 1 aliphatic carbocycles. The molecular weight excluding hydrogens is 412 g/mol. The van der Waals surface area contributed by atoms with Crippen LogP contribution in [0.2, 0.25) is 0 Å². The number of hydrogen-bond acceptors (Lipinski definition) is 5. The third kappa shape index (κ3) is 4.31. The molecule has 8 heteroatoms. The van der Waals surface area contributed by atoms with Crippen molar-refractivity contribution in [3.05, 3.63) is 59.7 Å². The second-order valence-corrected chi connectivity index (χ2v) is 8.52. The van der Waals surface area contributed by atoms with E-state index in [1.807, 2.05) is 36.4 Å². The fourth-order valence-corrected chi connectivity index (χ4v) is 4.40. The molecule has 2 amide bonds. The topological polar surface area (TPSA) is 105 Å². The number of carboxylic acids is 1. The first-order valence-electron chi connectivity index (χ1n) is 10.5. The van der Waals surface area contributed by atoms with E-state index in [1.54, 1.807) is 13.8 Å². The normalized spacial score (nSPS) is 17.0. The number of benzene rings is 2. The zero-order chi connectivity index (χ0) is 22.9. The number of carboxylic acid groups (broad SMARTS) is 1. The van der Waals surface area contributed by atoms with Crippen LogP contribution in [-0.4, -0.2) is 65.9 Å². The number of rotatable bonds is 7. The first-order chi connectivity index (χ1) is 15.3. The predicted molar refractivity (Wildman–Crippen MR) is 116 cm³/mol. The molecule has 1 heterocycles. The molecule has 4 rings (SSSR count). The molecule has 2 aromatic rings. The molecule has 0 radical (unpaired) electrons. The van der Waals surface area contributed by atoms with Crippen LogP contribution in [-0.2, 0) is 19.1 Å². The highest BCUT2D eigenvalue weighted by Crippen LogP contribution is 2.44. The Morgan fingerprint density at radius 1 is 1.09 bits per heavy atom. The van der Waals surface area contributed by atoms with E-state index in [0.29, 0.717) is 0 Å². The highest BCUT2D eigenvalue weighted by atomic mass is 16.5. The Kier molecular flexibility index (Phi) is 5.88. The molecular formula is C24H26N2O6. The lowest BCUT2D eigenvalue weighted by Gasteiger charge is -2.47. The zero-order valence-electron chi connectivity index (χ0n) is 18.0. The van der Waals surface area contributed by atoms with E-state index in [4.69, 9.17) is 14.6 Å². The van der Waals surface area contributed by atoms with Gasteiger partial charge in [0.1, 0.15) is 24.9 Å². The Hall–Kier alpha value is -3.39. The van der Waals surface area contributed by atoms with Crippen molar-refractivity contribution in [2.24, 2.45) is 0 Å². The quantitative estimate of drug-likeness (QED) is 0.689. The highest BCUT2D eigenvalue weighted by Gasteiger charge is 2.44. The molecule has 8 nitrogen and oxygen atoms in total. The third-order valence-electron chi connectivity index (χ3n) is 5.95. The maximum Gasteiger partial charge on any atom is 0.407 e. The minimum Gasteiger partial charge on any atom is -0.480 e. The second kappa shape index (κ2) is 8.63. The van der Waals surface area contributed by atoms with Crippen molar-refractivity contribution in [1.82, 2.24) is 10.2 Å². The first-order valence-corrected chi connectivity index (χ1v) is 10.5. The first kappa shape index (κ1) is 21.8. The molecule has 2 aliphatic rings. The standard InChI is InChI=1S/C24H26N2O6/c1-15(22(29)26-13-24(2,14-26)32-12-21(27)28)25-23(30)31-11-20-18-9-5-3-7-16(18)17-8-4-6-10-19(17)20/h3-10,15,20H,11-14H2,1-2H3,(H,25,30)(H,27,28). The zero-order valence-corrected chi connectivity index (χ0v) is 18.0. The van der Waals surface area contributed by atoms with Crippen molar-refractivity contribution in [1.29, 1.82) is 0 Å². The average Bonchev–Trinajstić information content (AvgIpc) is 3.07. The van der Waals surface area contributed by atoms with Crippen LogP contribution >= 0.6 is 0 Å². The number of likely N-dealkylation sites (tertiary alicyclic amines) is 1. The van der Waals surface area contributed by atoms with E-state index in [0.717, 1.165) is 22.3 Å². The van der Waals surface area contributed by atoms with Crippen molar-refractivity contribution in [3.63, 3.8) is 0 Å².